The molecule has 1 aliphatic heterocycles. The molecule has 0 atom stereocenters. The van der Waals surface area contributed by atoms with Crippen LogP contribution in [0.15, 0.2) is 42.9 Å². The molecule has 2 N–H and O–H groups in total. The van der Waals surface area contributed by atoms with Gasteiger partial charge in [-0.2, -0.15) is 0 Å². The van der Waals surface area contributed by atoms with Crippen molar-refractivity contribution in [2.45, 2.75) is 39.0 Å². The van der Waals surface area contributed by atoms with Crippen molar-refractivity contribution >= 4 is 16.8 Å². The van der Waals surface area contributed by atoms with Crippen molar-refractivity contribution in [3.63, 3.8) is 0 Å². The minimum atomic E-state index is -0.352. The molecule has 1 fully saturated rings. The van der Waals surface area contributed by atoms with Gasteiger partial charge in [-0.25, -0.2) is 9.97 Å². The number of carbonyl (C=O) groups excluding carboxylic acids is 1. The third-order valence-electron chi connectivity index (χ3n) is 5.17. The lowest BCUT2D eigenvalue weighted by Crippen LogP contribution is -2.37. The number of rotatable bonds is 6. The van der Waals surface area contributed by atoms with E-state index in [9.17, 15) is 4.79 Å². The normalized spacial score (nSPS) is 15.8. The Morgan fingerprint density at radius 3 is 2.68 bits per heavy atom. The van der Waals surface area contributed by atoms with E-state index in [0.29, 0.717) is 0 Å². The summed E-state index contributed by atoms with van der Waals surface area (Å²) < 4.78 is 8.18. The summed E-state index contributed by atoms with van der Waals surface area (Å²) >= 11 is 0. The highest BCUT2D eigenvalue weighted by Crippen LogP contribution is 2.29. The van der Waals surface area contributed by atoms with E-state index in [1.54, 1.807) is 0 Å². The molecule has 0 spiro atoms. The number of hydrogen-bond donors (Lipinski definition) is 1. The number of benzene rings is 1. The molecule has 0 saturated carbocycles. The summed E-state index contributed by atoms with van der Waals surface area (Å²) in [6.45, 7) is 4.91. The Hall–Kier alpha value is -2.93. The lowest BCUT2D eigenvalue weighted by molar-refractivity contribution is -0.118. The standard InChI is InChI=1S/C21H25N5O2/c1-15-23-11-16(12-24-15)13-25-8-5-17(6-9-25)28-20-4-2-3-19-18(20)7-10-26(19)14-21(22)27/h2-4,7,10-12,17H,5-6,8-9,13-14H2,1H3,(H2,22,27). The third kappa shape index (κ3) is 4.14. The van der Waals surface area contributed by atoms with Crippen molar-refractivity contribution in [2.75, 3.05) is 13.1 Å². The maximum absolute atomic E-state index is 11.2. The van der Waals surface area contributed by atoms with Crippen LogP contribution in [0.2, 0.25) is 0 Å². The van der Waals surface area contributed by atoms with E-state index < -0.39 is 0 Å². The number of nitrogens with zero attached hydrogens (tertiary/aromatic N) is 4. The first-order chi connectivity index (χ1) is 13.6. The number of primary amides is 1. The molecule has 1 amide bonds. The molecule has 0 radical (unpaired) electrons. The highest BCUT2D eigenvalue weighted by Gasteiger charge is 2.21. The minimum absolute atomic E-state index is 0.175. The average Bonchev–Trinajstić information content (AvgIpc) is 3.08. The monoisotopic (exact) mass is 379 g/mol. The maximum atomic E-state index is 11.2. The zero-order chi connectivity index (χ0) is 19.5. The van der Waals surface area contributed by atoms with Crippen LogP contribution < -0.4 is 10.5 Å². The van der Waals surface area contributed by atoms with E-state index in [1.165, 1.54) is 0 Å². The summed E-state index contributed by atoms with van der Waals surface area (Å²) in [4.78, 5) is 22.2. The fraction of sp³-hybridized carbons (Fsp3) is 0.381. The van der Waals surface area contributed by atoms with Gasteiger partial charge in [-0.15, -0.1) is 0 Å². The van der Waals surface area contributed by atoms with Crippen LogP contribution in [0.25, 0.3) is 10.9 Å². The first kappa shape index (κ1) is 18.4. The number of nitrogens with two attached hydrogens (primary N) is 1. The van der Waals surface area contributed by atoms with Gasteiger partial charge in [-0.1, -0.05) is 6.07 Å². The smallest absolute Gasteiger partial charge is 0.237 e. The summed E-state index contributed by atoms with van der Waals surface area (Å²) in [5.74, 6) is 1.32. The van der Waals surface area contributed by atoms with Crippen molar-refractivity contribution in [1.29, 1.82) is 0 Å². The van der Waals surface area contributed by atoms with Crippen molar-refractivity contribution in [1.82, 2.24) is 19.4 Å². The van der Waals surface area contributed by atoms with Gasteiger partial charge in [0.15, 0.2) is 0 Å². The van der Waals surface area contributed by atoms with Crippen LogP contribution in [0, 0.1) is 6.92 Å². The second-order valence-corrected chi connectivity index (χ2v) is 7.33. The quantitative estimate of drug-likeness (QED) is 0.710. The van der Waals surface area contributed by atoms with Gasteiger partial charge in [-0.3, -0.25) is 9.69 Å². The van der Waals surface area contributed by atoms with Crippen LogP contribution >= 0.6 is 0 Å². The summed E-state index contributed by atoms with van der Waals surface area (Å²) in [6.07, 6.45) is 7.84. The summed E-state index contributed by atoms with van der Waals surface area (Å²) in [5, 5.41) is 1.02. The van der Waals surface area contributed by atoms with E-state index in [1.807, 2.05) is 54.3 Å². The molecule has 2 aromatic heterocycles. The zero-order valence-electron chi connectivity index (χ0n) is 16.0. The van der Waals surface area contributed by atoms with E-state index >= 15 is 0 Å². The second kappa shape index (κ2) is 7.98. The lowest BCUT2D eigenvalue weighted by Gasteiger charge is -2.32. The highest BCUT2D eigenvalue weighted by molar-refractivity contribution is 5.87. The van der Waals surface area contributed by atoms with Crippen molar-refractivity contribution < 1.29 is 9.53 Å². The molecule has 28 heavy (non-hydrogen) atoms. The molecule has 3 aromatic rings. The van der Waals surface area contributed by atoms with E-state index in [4.69, 9.17) is 10.5 Å². The predicted molar refractivity (Wildman–Crippen MR) is 107 cm³/mol. The predicted octanol–water partition coefficient (Wildman–Crippen LogP) is 2.27. The maximum Gasteiger partial charge on any atom is 0.237 e. The van der Waals surface area contributed by atoms with Crippen LogP contribution in [0.4, 0.5) is 0 Å². The van der Waals surface area contributed by atoms with Gasteiger partial charge in [0.25, 0.3) is 0 Å². The SMILES string of the molecule is Cc1ncc(CN2CCC(Oc3cccc4c3ccn4CC(N)=O)CC2)cn1. The molecule has 146 valence electrons. The number of hydrogen-bond acceptors (Lipinski definition) is 5. The molecule has 1 saturated heterocycles. The topological polar surface area (TPSA) is 86.3 Å². The molecular formula is C21H25N5O2. The van der Waals surface area contributed by atoms with Crippen molar-refractivity contribution in [2.24, 2.45) is 5.73 Å². The number of carbonyl (C=O) groups is 1. The Balaban J connectivity index is 1.37. The number of ether oxygens (including phenoxy) is 1. The van der Waals surface area contributed by atoms with Gasteiger partial charge < -0.3 is 15.0 Å². The van der Waals surface area contributed by atoms with Crippen LogP contribution in [-0.2, 0) is 17.9 Å². The Kier molecular flexibility index (Phi) is 5.25. The van der Waals surface area contributed by atoms with E-state index in [2.05, 4.69) is 14.9 Å². The number of piperidine rings is 1. The van der Waals surface area contributed by atoms with Crippen molar-refractivity contribution in [3.8, 4) is 5.75 Å². The molecule has 7 heteroatoms. The fourth-order valence-corrected chi connectivity index (χ4v) is 3.73. The number of amides is 1. The fourth-order valence-electron chi connectivity index (χ4n) is 3.73. The van der Waals surface area contributed by atoms with Crippen LogP contribution in [-0.4, -0.2) is 44.5 Å². The molecule has 1 aromatic carbocycles. The van der Waals surface area contributed by atoms with Gasteiger partial charge in [0.1, 0.15) is 24.2 Å². The Morgan fingerprint density at radius 1 is 1.21 bits per heavy atom. The molecule has 3 heterocycles. The van der Waals surface area contributed by atoms with E-state index in [0.717, 1.165) is 60.5 Å². The Morgan fingerprint density at radius 2 is 1.96 bits per heavy atom. The van der Waals surface area contributed by atoms with Crippen LogP contribution in [0.5, 0.6) is 5.75 Å². The Bertz CT molecular complexity index is 959. The Labute approximate surface area is 164 Å². The lowest BCUT2D eigenvalue weighted by atomic mass is 10.1. The van der Waals surface area contributed by atoms with Gasteiger partial charge in [0.2, 0.25) is 5.91 Å². The van der Waals surface area contributed by atoms with Gasteiger partial charge >= 0.3 is 0 Å². The number of likely N-dealkylation sites (tertiary alicyclic amines) is 1. The number of fused-ring (bicyclic) bond motifs is 1. The molecular weight excluding hydrogens is 354 g/mol. The summed E-state index contributed by atoms with van der Waals surface area (Å²) in [7, 11) is 0. The van der Waals surface area contributed by atoms with Gasteiger partial charge in [0.05, 0.1) is 5.52 Å². The largest absolute Gasteiger partial charge is 0.490 e. The average molecular weight is 379 g/mol. The highest BCUT2D eigenvalue weighted by atomic mass is 16.5. The molecule has 0 bridgehead atoms. The third-order valence-corrected chi connectivity index (χ3v) is 5.17. The van der Waals surface area contributed by atoms with Crippen LogP contribution in [0.1, 0.15) is 24.2 Å². The zero-order valence-corrected chi connectivity index (χ0v) is 16.0. The number of aryl methyl sites for hydroxylation is 1. The molecule has 0 aliphatic carbocycles. The number of aromatic nitrogens is 3. The minimum Gasteiger partial charge on any atom is -0.490 e. The van der Waals surface area contributed by atoms with Crippen molar-refractivity contribution in [3.05, 3.63) is 54.2 Å². The van der Waals surface area contributed by atoms with Crippen LogP contribution in [0.3, 0.4) is 0 Å². The summed E-state index contributed by atoms with van der Waals surface area (Å²) in [5.41, 5.74) is 7.44. The summed E-state index contributed by atoms with van der Waals surface area (Å²) in [6, 6.07) is 7.92. The molecule has 4 rings (SSSR count). The van der Waals surface area contributed by atoms with E-state index in [-0.39, 0.29) is 18.6 Å². The molecule has 0 unspecified atom stereocenters. The second-order valence-electron chi connectivity index (χ2n) is 7.33. The first-order valence-electron chi connectivity index (χ1n) is 9.61. The molecule has 7 nitrogen and oxygen atoms in total. The van der Waals surface area contributed by atoms with Gasteiger partial charge in [0, 0.05) is 49.2 Å². The first-order valence-corrected chi connectivity index (χ1v) is 9.61. The van der Waals surface area contributed by atoms with Gasteiger partial charge in [-0.05, 0) is 38.0 Å². The molecule has 1 aliphatic rings.